The Hall–Kier alpha value is -2.62. The van der Waals surface area contributed by atoms with Crippen LogP contribution in [0.4, 0.5) is 0 Å². The quantitative estimate of drug-likeness (QED) is 0.372. The molecule has 0 heterocycles. The topological polar surface area (TPSA) is 43.7 Å². The SMILES string of the molecule is CCN(C)CCC(C)c1ccc(/C(=C(/CCCO)c2ccccc2)C2C=CC=C(O)C2)cc1. The fraction of sp³-hybridized carbons (Fsp3) is 0.400. The maximum atomic E-state index is 10.3. The van der Waals surface area contributed by atoms with Gasteiger partial charge in [-0.05, 0) is 79.2 Å². The van der Waals surface area contributed by atoms with Gasteiger partial charge in [0.2, 0.25) is 0 Å². The molecule has 176 valence electrons. The molecule has 0 bridgehead atoms. The van der Waals surface area contributed by atoms with Gasteiger partial charge >= 0.3 is 0 Å². The molecule has 1 aliphatic carbocycles. The molecule has 3 heteroatoms. The number of benzene rings is 2. The zero-order chi connectivity index (χ0) is 23.6. The molecule has 2 aromatic rings. The Morgan fingerprint density at radius 3 is 2.42 bits per heavy atom. The zero-order valence-corrected chi connectivity index (χ0v) is 20.4. The van der Waals surface area contributed by atoms with E-state index in [0.717, 1.165) is 25.9 Å². The molecule has 0 aliphatic heterocycles. The smallest absolute Gasteiger partial charge is 0.0931 e. The van der Waals surface area contributed by atoms with E-state index in [2.05, 4.69) is 80.4 Å². The van der Waals surface area contributed by atoms with Gasteiger partial charge in [-0.1, -0.05) is 80.6 Å². The van der Waals surface area contributed by atoms with Crippen molar-refractivity contribution in [3.63, 3.8) is 0 Å². The van der Waals surface area contributed by atoms with E-state index in [9.17, 15) is 10.2 Å². The molecular formula is C30H39NO2. The summed E-state index contributed by atoms with van der Waals surface area (Å²) in [5.74, 6) is 1.02. The maximum absolute atomic E-state index is 10.3. The highest BCUT2D eigenvalue weighted by molar-refractivity contribution is 5.92. The molecule has 3 rings (SSSR count). The van der Waals surface area contributed by atoms with Crippen LogP contribution >= 0.6 is 0 Å². The lowest BCUT2D eigenvalue weighted by Gasteiger charge is -2.25. The van der Waals surface area contributed by atoms with Crippen molar-refractivity contribution in [1.82, 2.24) is 4.90 Å². The number of rotatable bonds is 11. The van der Waals surface area contributed by atoms with Crippen molar-refractivity contribution in [1.29, 1.82) is 0 Å². The van der Waals surface area contributed by atoms with Gasteiger partial charge in [-0.2, -0.15) is 0 Å². The Bertz CT molecular complexity index is 957. The maximum Gasteiger partial charge on any atom is 0.0931 e. The molecule has 0 amide bonds. The van der Waals surface area contributed by atoms with Crippen LogP contribution in [0.5, 0.6) is 0 Å². The standard InChI is InChI=1S/C30H39NO2/c1-4-31(3)20-19-23(2)24-15-17-26(18-16-24)30(27-12-8-13-28(33)22-27)29(14-9-21-32)25-10-6-5-7-11-25/h5-8,10-13,15-18,23,27,32-33H,4,9,14,19-22H2,1-3H3/b30-29+. The van der Waals surface area contributed by atoms with Gasteiger partial charge in [0.05, 0.1) is 5.76 Å². The molecule has 33 heavy (non-hydrogen) atoms. The Labute approximate surface area is 199 Å². The van der Waals surface area contributed by atoms with Gasteiger partial charge in [0.15, 0.2) is 0 Å². The first kappa shape index (κ1) is 25.0. The van der Waals surface area contributed by atoms with Crippen molar-refractivity contribution in [2.24, 2.45) is 5.92 Å². The first-order valence-corrected chi connectivity index (χ1v) is 12.3. The van der Waals surface area contributed by atoms with Crippen molar-refractivity contribution in [2.75, 3.05) is 26.7 Å². The van der Waals surface area contributed by atoms with Crippen molar-refractivity contribution < 1.29 is 10.2 Å². The van der Waals surface area contributed by atoms with Crippen LogP contribution in [0.25, 0.3) is 11.1 Å². The van der Waals surface area contributed by atoms with E-state index in [0.29, 0.717) is 24.5 Å². The van der Waals surface area contributed by atoms with Crippen molar-refractivity contribution in [2.45, 2.75) is 45.4 Å². The summed E-state index contributed by atoms with van der Waals surface area (Å²) >= 11 is 0. The molecule has 0 spiro atoms. The predicted molar refractivity (Wildman–Crippen MR) is 140 cm³/mol. The van der Waals surface area contributed by atoms with Crippen molar-refractivity contribution in [3.05, 3.63) is 95.3 Å². The molecule has 2 unspecified atom stereocenters. The Morgan fingerprint density at radius 2 is 1.79 bits per heavy atom. The number of aliphatic hydroxyl groups excluding tert-OH is 2. The fourth-order valence-corrected chi connectivity index (χ4v) is 4.53. The molecule has 0 fully saturated rings. The number of nitrogens with zero attached hydrogens (tertiary/aromatic N) is 1. The minimum absolute atomic E-state index is 0.102. The minimum atomic E-state index is 0.102. The van der Waals surface area contributed by atoms with Crippen molar-refractivity contribution >= 4 is 11.1 Å². The third-order valence-corrected chi connectivity index (χ3v) is 6.74. The highest BCUT2D eigenvalue weighted by atomic mass is 16.3. The second kappa shape index (κ2) is 12.6. The van der Waals surface area contributed by atoms with Gasteiger partial charge in [-0.15, -0.1) is 0 Å². The Kier molecular flexibility index (Phi) is 9.53. The summed E-state index contributed by atoms with van der Waals surface area (Å²) in [6.07, 6.45) is 9.18. The van der Waals surface area contributed by atoms with Crippen LogP contribution in [0.15, 0.2) is 78.6 Å². The summed E-state index contributed by atoms with van der Waals surface area (Å²) in [4.78, 5) is 2.36. The predicted octanol–water partition coefficient (Wildman–Crippen LogP) is 6.83. The van der Waals surface area contributed by atoms with Gasteiger partial charge in [0.1, 0.15) is 0 Å². The number of hydrogen-bond acceptors (Lipinski definition) is 3. The van der Waals surface area contributed by atoms with Gasteiger partial charge < -0.3 is 15.1 Å². The summed E-state index contributed by atoms with van der Waals surface area (Å²) in [5.41, 5.74) is 6.23. The molecule has 0 saturated heterocycles. The first-order valence-electron chi connectivity index (χ1n) is 12.3. The Balaban J connectivity index is 2.00. The van der Waals surface area contributed by atoms with E-state index in [1.54, 1.807) is 6.08 Å². The minimum Gasteiger partial charge on any atom is -0.512 e. The van der Waals surface area contributed by atoms with E-state index in [4.69, 9.17) is 0 Å². The largest absolute Gasteiger partial charge is 0.512 e. The average molecular weight is 446 g/mol. The van der Waals surface area contributed by atoms with E-state index in [1.807, 2.05) is 12.1 Å². The number of aliphatic hydroxyl groups is 2. The normalized spacial score (nSPS) is 17.6. The molecule has 0 radical (unpaired) electrons. The summed E-state index contributed by atoms with van der Waals surface area (Å²) in [5, 5.41) is 19.9. The van der Waals surface area contributed by atoms with Crippen LogP contribution in [-0.2, 0) is 0 Å². The summed E-state index contributed by atoms with van der Waals surface area (Å²) in [6.45, 7) is 6.84. The zero-order valence-electron chi connectivity index (χ0n) is 20.4. The van der Waals surface area contributed by atoms with Crippen LogP contribution in [0.2, 0.25) is 0 Å². The molecular weight excluding hydrogens is 406 g/mol. The van der Waals surface area contributed by atoms with E-state index >= 15 is 0 Å². The van der Waals surface area contributed by atoms with Gasteiger partial charge in [-0.25, -0.2) is 0 Å². The second-order valence-electron chi connectivity index (χ2n) is 9.15. The summed E-state index contributed by atoms with van der Waals surface area (Å²) < 4.78 is 0. The van der Waals surface area contributed by atoms with Crippen LogP contribution in [-0.4, -0.2) is 41.9 Å². The van der Waals surface area contributed by atoms with E-state index in [1.165, 1.54) is 27.8 Å². The van der Waals surface area contributed by atoms with Crippen LogP contribution in [0.3, 0.4) is 0 Å². The molecule has 0 aromatic heterocycles. The first-order chi connectivity index (χ1) is 16.0. The lowest BCUT2D eigenvalue weighted by molar-refractivity contribution is 0.290. The molecule has 2 N–H and O–H groups in total. The average Bonchev–Trinajstić information content (AvgIpc) is 2.85. The monoisotopic (exact) mass is 445 g/mol. The van der Waals surface area contributed by atoms with Crippen LogP contribution in [0.1, 0.15) is 62.1 Å². The highest BCUT2D eigenvalue weighted by Gasteiger charge is 2.22. The summed E-state index contributed by atoms with van der Waals surface area (Å²) in [6, 6.07) is 19.5. The number of allylic oxidation sites excluding steroid dienone is 6. The third-order valence-electron chi connectivity index (χ3n) is 6.74. The summed E-state index contributed by atoms with van der Waals surface area (Å²) in [7, 11) is 2.17. The second-order valence-corrected chi connectivity index (χ2v) is 9.15. The van der Waals surface area contributed by atoms with Crippen LogP contribution < -0.4 is 0 Å². The van der Waals surface area contributed by atoms with Gasteiger partial charge in [0, 0.05) is 18.9 Å². The fourth-order valence-electron chi connectivity index (χ4n) is 4.53. The molecule has 0 saturated carbocycles. The highest BCUT2D eigenvalue weighted by Crippen LogP contribution is 2.40. The van der Waals surface area contributed by atoms with Crippen LogP contribution in [0, 0.1) is 5.92 Å². The molecule has 2 atom stereocenters. The molecule has 3 nitrogen and oxygen atoms in total. The van der Waals surface area contributed by atoms with Crippen molar-refractivity contribution in [3.8, 4) is 0 Å². The third kappa shape index (κ3) is 6.93. The van der Waals surface area contributed by atoms with Gasteiger partial charge in [0.25, 0.3) is 0 Å². The molecule has 2 aromatic carbocycles. The Morgan fingerprint density at radius 1 is 1.06 bits per heavy atom. The van der Waals surface area contributed by atoms with E-state index < -0.39 is 0 Å². The lowest BCUT2D eigenvalue weighted by Crippen LogP contribution is -2.20. The van der Waals surface area contributed by atoms with Gasteiger partial charge in [-0.3, -0.25) is 0 Å². The molecule has 1 aliphatic rings. The van der Waals surface area contributed by atoms with E-state index in [-0.39, 0.29) is 12.5 Å². The lowest BCUT2D eigenvalue weighted by atomic mass is 9.80. The number of hydrogen-bond donors (Lipinski definition) is 2.